The van der Waals surface area contributed by atoms with Crippen molar-refractivity contribution in [1.82, 2.24) is 0 Å². The molecule has 0 saturated carbocycles. The highest BCUT2D eigenvalue weighted by atomic mass is 16.3. The second-order valence-electron chi connectivity index (χ2n) is 1.68. The Morgan fingerprint density at radius 2 is 1.27 bits per heavy atom. The van der Waals surface area contributed by atoms with Gasteiger partial charge in [0.1, 0.15) is 0 Å². The topological polar surface area (TPSA) is 89.3 Å². The van der Waals surface area contributed by atoms with Crippen LogP contribution in [-0.4, -0.2) is 11.6 Å². The summed E-state index contributed by atoms with van der Waals surface area (Å²) < 4.78 is 0. The van der Waals surface area contributed by atoms with Crippen molar-refractivity contribution in [3.63, 3.8) is 0 Å². The van der Waals surface area contributed by atoms with E-state index in [-0.39, 0.29) is 6.47 Å². The maximum Gasteiger partial charge on any atom is 0.290 e. The number of nitrogens with two attached hydrogens (primary N) is 2. The molecule has 2 rings (SSSR count). The van der Waals surface area contributed by atoms with Crippen LogP contribution in [0.15, 0.2) is 24.3 Å². The van der Waals surface area contributed by atoms with Crippen LogP contribution in [0.3, 0.4) is 0 Å². The molecule has 0 bridgehead atoms. The Bertz CT molecular complexity index is 187. The zero-order chi connectivity index (χ0) is 8.69. The smallest absolute Gasteiger partial charge is 0.290 e. The quantitative estimate of drug-likeness (QED) is 0.287. The van der Waals surface area contributed by atoms with Gasteiger partial charge in [0.25, 0.3) is 6.47 Å². The molecular weight excluding hydrogens is 144 g/mol. The molecule has 0 amide bonds. The summed E-state index contributed by atoms with van der Waals surface area (Å²) in [6.45, 7) is -0.250. The van der Waals surface area contributed by atoms with Gasteiger partial charge in [-0.15, -0.1) is 0 Å². The Morgan fingerprint density at radius 1 is 1.09 bits per heavy atom. The second-order valence-corrected chi connectivity index (χ2v) is 1.68. The fraction of sp³-hybridized carbons (Fsp3) is 0. The molecular formula is C7H10N2O2. The summed E-state index contributed by atoms with van der Waals surface area (Å²) in [6.07, 6.45) is 0. The molecule has 11 heavy (non-hydrogen) atoms. The van der Waals surface area contributed by atoms with Gasteiger partial charge in [-0.05, 0) is 11.1 Å². The second kappa shape index (κ2) is 5.40. The highest BCUT2D eigenvalue weighted by molar-refractivity contribution is 5.75. The number of fused-ring (bicyclic) bond motifs is 1. The summed E-state index contributed by atoms with van der Waals surface area (Å²) in [4.78, 5) is 8.36. The maximum atomic E-state index is 8.36. The van der Waals surface area contributed by atoms with Crippen molar-refractivity contribution in [2.75, 3.05) is 0 Å². The molecule has 4 nitrogen and oxygen atoms in total. The Hall–Kier alpha value is -1.39. The molecule has 4 heteroatoms. The van der Waals surface area contributed by atoms with E-state index >= 15 is 0 Å². The third kappa shape index (κ3) is 2.37. The lowest BCUT2D eigenvalue weighted by atomic mass is 9.95. The van der Waals surface area contributed by atoms with E-state index in [9.17, 15) is 0 Å². The van der Waals surface area contributed by atoms with Crippen LogP contribution in [0.1, 0.15) is 0 Å². The molecule has 0 spiro atoms. The molecule has 0 aliphatic heterocycles. The number of benzene rings is 1. The van der Waals surface area contributed by atoms with Gasteiger partial charge in [-0.2, -0.15) is 0 Å². The van der Waals surface area contributed by atoms with Gasteiger partial charge >= 0.3 is 0 Å². The summed E-state index contributed by atoms with van der Waals surface area (Å²) in [5.41, 5.74) is 2.85. The third-order valence-corrected chi connectivity index (χ3v) is 1.22. The molecule has 0 radical (unpaired) electrons. The van der Waals surface area contributed by atoms with Gasteiger partial charge in [-0.25, -0.2) is 0 Å². The molecule has 5 N–H and O–H groups in total. The summed E-state index contributed by atoms with van der Waals surface area (Å²) in [5.74, 6) is 8.00. The lowest BCUT2D eigenvalue weighted by Crippen LogP contribution is -2.02. The van der Waals surface area contributed by atoms with Crippen molar-refractivity contribution in [3.8, 4) is 11.1 Å². The zero-order valence-corrected chi connectivity index (χ0v) is 5.90. The molecule has 0 atom stereocenters. The van der Waals surface area contributed by atoms with Crippen molar-refractivity contribution in [2.24, 2.45) is 11.7 Å². The van der Waals surface area contributed by atoms with Crippen molar-refractivity contribution in [2.45, 2.75) is 0 Å². The Morgan fingerprint density at radius 3 is 1.27 bits per heavy atom. The van der Waals surface area contributed by atoms with Crippen molar-refractivity contribution >= 4 is 6.47 Å². The fourth-order valence-electron chi connectivity index (χ4n) is 0.663. The van der Waals surface area contributed by atoms with Crippen LogP contribution >= 0.6 is 0 Å². The van der Waals surface area contributed by atoms with Crippen LogP contribution in [0.4, 0.5) is 0 Å². The SMILES string of the molecule is NN.O=CO.c1cc2ccc1-2. The number of carbonyl (C=O) groups is 1. The Labute approximate surface area is 64.4 Å². The molecule has 0 saturated heterocycles. The zero-order valence-electron chi connectivity index (χ0n) is 5.90. The summed E-state index contributed by atoms with van der Waals surface area (Å²) in [5, 5.41) is 6.89. The minimum Gasteiger partial charge on any atom is -0.483 e. The standard InChI is InChI=1S/C6H4.CH2O2.H4N2/c1-2-6-4-3-5(1)6;2-1-3;1-2/h1-4H;1H,(H,2,3);1-2H2. The largest absolute Gasteiger partial charge is 0.483 e. The monoisotopic (exact) mass is 154 g/mol. The van der Waals surface area contributed by atoms with Crippen LogP contribution in [-0.2, 0) is 4.79 Å². The normalized spacial score (nSPS) is 7.82. The van der Waals surface area contributed by atoms with E-state index in [1.54, 1.807) is 0 Å². The number of hydrogen-bond donors (Lipinski definition) is 3. The van der Waals surface area contributed by atoms with Crippen LogP contribution < -0.4 is 11.7 Å². The molecule has 60 valence electrons. The summed E-state index contributed by atoms with van der Waals surface area (Å²) >= 11 is 0. The van der Waals surface area contributed by atoms with Crippen molar-refractivity contribution < 1.29 is 9.90 Å². The molecule has 0 heterocycles. The molecule has 0 fully saturated rings. The molecule has 0 unspecified atom stereocenters. The first-order valence-electron chi connectivity index (χ1n) is 2.90. The van der Waals surface area contributed by atoms with Crippen LogP contribution in [0.5, 0.6) is 0 Å². The van der Waals surface area contributed by atoms with Crippen molar-refractivity contribution in [1.29, 1.82) is 0 Å². The third-order valence-electron chi connectivity index (χ3n) is 1.22. The maximum absolute atomic E-state index is 8.36. The lowest BCUT2D eigenvalue weighted by Gasteiger charge is -2.10. The highest BCUT2D eigenvalue weighted by Crippen LogP contribution is 2.29. The Kier molecular flexibility index (Phi) is 4.72. The predicted molar refractivity (Wildman–Crippen MR) is 42.5 cm³/mol. The first-order valence-corrected chi connectivity index (χ1v) is 2.90. The van der Waals surface area contributed by atoms with E-state index in [4.69, 9.17) is 9.90 Å². The van der Waals surface area contributed by atoms with E-state index in [2.05, 4.69) is 36.0 Å². The van der Waals surface area contributed by atoms with E-state index in [1.165, 1.54) is 11.1 Å². The number of hydrazine groups is 1. The van der Waals surface area contributed by atoms with Crippen molar-refractivity contribution in [3.05, 3.63) is 24.3 Å². The average Bonchev–Trinajstić information content (AvgIpc) is 2.02. The number of hydrogen-bond acceptors (Lipinski definition) is 3. The van der Waals surface area contributed by atoms with E-state index in [0.29, 0.717) is 0 Å². The minimum atomic E-state index is -0.250. The number of carboxylic acid groups (broad SMARTS) is 1. The predicted octanol–water partition coefficient (Wildman–Crippen LogP) is 0.187. The van der Waals surface area contributed by atoms with Gasteiger partial charge in [0.2, 0.25) is 0 Å². The van der Waals surface area contributed by atoms with E-state index in [1.807, 2.05) is 0 Å². The molecule has 2 aliphatic carbocycles. The van der Waals surface area contributed by atoms with E-state index in [0.717, 1.165) is 0 Å². The van der Waals surface area contributed by atoms with Gasteiger partial charge in [-0.3, -0.25) is 16.5 Å². The Balaban J connectivity index is 0.000000176. The van der Waals surface area contributed by atoms with Gasteiger partial charge < -0.3 is 5.11 Å². The summed E-state index contributed by atoms with van der Waals surface area (Å²) in [7, 11) is 0. The van der Waals surface area contributed by atoms with E-state index < -0.39 is 0 Å². The van der Waals surface area contributed by atoms with Crippen LogP contribution in [0, 0.1) is 0 Å². The van der Waals surface area contributed by atoms with Gasteiger partial charge in [-0.1, -0.05) is 24.3 Å². The minimum absolute atomic E-state index is 0.250. The van der Waals surface area contributed by atoms with Gasteiger partial charge in [0, 0.05) is 0 Å². The first-order chi connectivity index (χ1) is 5.38. The lowest BCUT2D eigenvalue weighted by molar-refractivity contribution is -0.122. The number of rotatable bonds is 0. The molecule has 0 aromatic rings. The average molecular weight is 154 g/mol. The van der Waals surface area contributed by atoms with Crippen LogP contribution in [0.25, 0.3) is 11.1 Å². The first kappa shape index (κ1) is 9.61. The fourth-order valence-corrected chi connectivity index (χ4v) is 0.663. The summed E-state index contributed by atoms with van der Waals surface area (Å²) in [6, 6.07) is 8.48. The molecule has 0 aromatic carbocycles. The molecule has 2 aliphatic rings. The highest BCUT2D eigenvalue weighted by Gasteiger charge is 2.03. The van der Waals surface area contributed by atoms with Crippen LogP contribution in [0.2, 0.25) is 0 Å². The molecule has 0 aromatic heterocycles. The van der Waals surface area contributed by atoms with Gasteiger partial charge in [0.05, 0.1) is 0 Å². The van der Waals surface area contributed by atoms with Gasteiger partial charge in [0.15, 0.2) is 0 Å².